The molecule has 0 spiro atoms. The molecule has 0 aliphatic carbocycles. The third kappa shape index (κ3) is 4.43. The fraction of sp³-hybridized carbons (Fsp3) is 0.636. The van der Waals surface area contributed by atoms with Gasteiger partial charge < -0.3 is 10.4 Å². The van der Waals surface area contributed by atoms with Gasteiger partial charge in [0.15, 0.2) is 0 Å². The molecule has 0 fully saturated rings. The molecule has 0 bridgehead atoms. The molecular formula is C11H18N4O. The van der Waals surface area contributed by atoms with E-state index in [9.17, 15) is 0 Å². The highest BCUT2D eigenvalue weighted by atomic mass is 16.3. The Morgan fingerprint density at radius 3 is 3.19 bits per heavy atom. The summed E-state index contributed by atoms with van der Waals surface area (Å²) in [6, 6.07) is 0.285. The molecule has 1 atom stereocenters. The lowest BCUT2D eigenvalue weighted by Crippen LogP contribution is -2.25. The fourth-order valence-electron chi connectivity index (χ4n) is 1.29. The van der Waals surface area contributed by atoms with Crippen LogP contribution in [0.5, 0.6) is 0 Å². The number of nitrogens with zero attached hydrogens (tertiary/aromatic N) is 3. The SMILES string of the molecule is C#CCC(C)NCc1cn(CCCO)nn1. The molecule has 1 unspecified atom stereocenters. The van der Waals surface area contributed by atoms with E-state index in [2.05, 4.69) is 21.5 Å². The van der Waals surface area contributed by atoms with Crippen LogP contribution in [-0.2, 0) is 13.1 Å². The van der Waals surface area contributed by atoms with Gasteiger partial charge in [-0.2, -0.15) is 0 Å². The standard InChI is InChI=1S/C11H18N4O/c1-3-5-10(2)12-8-11-9-15(14-13-11)6-4-7-16/h1,9-10,12,16H,4-8H2,2H3. The Bertz CT molecular complexity index is 342. The first-order valence-corrected chi connectivity index (χ1v) is 5.43. The van der Waals surface area contributed by atoms with E-state index in [1.54, 1.807) is 4.68 Å². The first-order valence-electron chi connectivity index (χ1n) is 5.43. The van der Waals surface area contributed by atoms with Gasteiger partial charge in [-0.3, -0.25) is 4.68 Å². The molecule has 2 N–H and O–H groups in total. The Labute approximate surface area is 95.9 Å². The van der Waals surface area contributed by atoms with Gasteiger partial charge in [0.25, 0.3) is 0 Å². The predicted octanol–water partition coefficient (Wildman–Crippen LogP) is 0.162. The molecule has 0 amide bonds. The van der Waals surface area contributed by atoms with Crippen molar-refractivity contribution < 1.29 is 5.11 Å². The zero-order chi connectivity index (χ0) is 11.8. The monoisotopic (exact) mass is 222 g/mol. The predicted molar refractivity (Wildman–Crippen MR) is 61.5 cm³/mol. The average molecular weight is 222 g/mol. The molecular weight excluding hydrogens is 204 g/mol. The summed E-state index contributed by atoms with van der Waals surface area (Å²) >= 11 is 0. The fourth-order valence-corrected chi connectivity index (χ4v) is 1.29. The lowest BCUT2D eigenvalue weighted by molar-refractivity contribution is 0.276. The van der Waals surface area contributed by atoms with Crippen molar-refractivity contribution in [1.29, 1.82) is 0 Å². The summed E-state index contributed by atoms with van der Waals surface area (Å²) in [6.45, 7) is 3.58. The maximum absolute atomic E-state index is 8.68. The molecule has 5 nitrogen and oxygen atoms in total. The van der Waals surface area contributed by atoms with E-state index in [1.165, 1.54) is 0 Å². The van der Waals surface area contributed by atoms with Crippen molar-refractivity contribution in [2.75, 3.05) is 6.61 Å². The summed E-state index contributed by atoms with van der Waals surface area (Å²) in [6.07, 6.45) is 8.50. The van der Waals surface area contributed by atoms with Gasteiger partial charge in [0.05, 0.1) is 5.69 Å². The van der Waals surface area contributed by atoms with Crippen LogP contribution >= 0.6 is 0 Å². The van der Waals surface area contributed by atoms with E-state index in [0.29, 0.717) is 25.9 Å². The Kier molecular flexibility index (Phi) is 5.54. The van der Waals surface area contributed by atoms with Crippen molar-refractivity contribution in [1.82, 2.24) is 20.3 Å². The highest BCUT2D eigenvalue weighted by Gasteiger charge is 2.03. The van der Waals surface area contributed by atoms with E-state index in [1.807, 2.05) is 13.1 Å². The molecule has 1 heterocycles. The molecule has 0 saturated heterocycles. The summed E-state index contributed by atoms with van der Waals surface area (Å²) in [4.78, 5) is 0. The van der Waals surface area contributed by atoms with Gasteiger partial charge in [-0.1, -0.05) is 5.21 Å². The summed E-state index contributed by atoms with van der Waals surface area (Å²) in [7, 11) is 0. The number of rotatable bonds is 7. The first-order chi connectivity index (χ1) is 7.76. The molecule has 1 aromatic heterocycles. The van der Waals surface area contributed by atoms with Crippen LogP contribution in [0.25, 0.3) is 0 Å². The molecule has 0 saturated carbocycles. The van der Waals surface area contributed by atoms with E-state index in [0.717, 1.165) is 5.69 Å². The van der Waals surface area contributed by atoms with Crippen molar-refractivity contribution >= 4 is 0 Å². The smallest absolute Gasteiger partial charge is 0.0964 e. The molecule has 16 heavy (non-hydrogen) atoms. The normalized spacial score (nSPS) is 12.3. The zero-order valence-electron chi connectivity index (χ0n) is 9.56. The van der Waals surface area contributed by atoms with Crippen molar-refractivity contribution in [3.63, 3.8) is 0 Å². The Morgan fingerprint density at radius 2 is 2.50 bits per heavy atom. The van der Waals surface area contributed by atoms with Gasteiger partial charge in [0.2, 0.25) is 0 Å². The van der Waals surface area contributed by atoms with E-state index in [4.69, 9.17) is 11.5 Å². The van der Waals surface area contributed by atoms with Gasteiger partial charge in [-0.05, 0) is 13.3 Å². The lowest BCUT2D eigenvalue weighted by atomic mass is 10.2. The van der Waals surface area contributed by atoms with Crippen molar-refractivity contribution in [3.8, 4) is 12.3 Å². The number of aliphatic hydroxyl groups excluding tert-OH is 1. The maximum atomic E-state index is 8.68. The van der Waals surface area contributed by atoms with Crippen LogP contribution in [0, 0.1) is 12.3 Å². The number of aryl methyl sites for hydroxylation is 1. The molecule has 88 valence electrons. The van der Waals surface area contributed by atoms with Crippen molar-refractivity contribution in [2.45, 2.75) is 38.9 Å². The van der Waals surface area contributed by atoms with Gasteiger partial charge in [0.1, 0.15) is 0 Å². The quantitative estimate of drug-likeness (QED) is 0.645. The largest absolute Gasteiger partial charge is 0.396 e. The van der Waals surface area contributed by atoms with Gasteiger partial charge >= 0.3 is 0 Å². The molecule has 1 aromatic rings. The summed E-state index contributed by atoms with van der Waals surface area (Å²) in [5, 5.41) is 19.9. The Balaban J connectivity index is 2.32. The van der Waals surface area contributed by atoms with Crippen LogP contribution in [0.4, 0.5) is 0 Å². The third-order valence-electron chi connectivity index (χ3n) is 2.19. The van der Waals surface area contributed by atoms with Crippen molar-refractivity contribution in [3.05, 3.63) is 11.9 Å². The lowest BCUT2D eigenvalue weighted by Gasteiger charge is -2.07. The summed E-state index contributed by atoms with van der Waals surface area (Å²) in [5.74, 6) is 2.61. The zero-order valence-corrected chi connectivity index (χ0v) is 9.56. The van der Waals surface area contributed by atoms with Gasteiger partial charge in [-0.25, -0.2) is 0 Å². The minimum atomic E-state index is 0.173. The number of aromatic nitrogens is 3. The van der Waals surface area contributed by atoms with Gasteiger partial charge in [-0.15, -0.1) is 17.4 Å². The Hall–Kier alpha value is -1.38. The Morgan fingerprint density at radius 1 is 1.69 bits per heavy atom. The second-order valence-corrected chi connectivity index (χ2v) is 3.74. The molecule has 0 radical (unpaired) electrons. The number of hydrogen-bond acceptors (Lipinski definition) is 4. The number of hydrogen-bond donors (Lipinski definition) is 2. The first kappa shape index (κ1) is 12.7. The molecule has 0 aliphatic heterocycles. The van der Waals surface area contributed by atoms with E-state index < -0.39 is 0 Å². The summed E-state index contributed by atoms with van der Waals surface area (Å²) < 4.78 is 1.74. The highest BCUT2D eigenvalue weighted by Crippen LogP contribution is 1.96. The van der Waals surface area contributed by atoms with Crippen LogP contribution in [0.1, 0.15) is 25.5 Å². The highest BCUT2D eigenvalue weighted by molar-refractivity contribution is 4.94. The number of terminal acetylenes is 1. The van der Waals surface area contributed by atoms with E-state index in [-0.39, 0.29) is 12.6 Å². The molecule has 1 rings (SSSR count). The van der Waals surface area contributed by atoms with Crippen LogP contribution in [0.2, 0.25) is 0 Å². The second-order valence-electron chi connectivity index (χ2n) is 3.74. The average Bonchev–Trinajstić information content (AvgIpc) is 2.72. The minimum absolute atomic E-state index is 0.173. The van der Waals surface area contributed by atoms with Crippen LogP contribution in [0.3, 0.4) is 0 Å². The summed E-state index contributed by atoms with van der Waals surface area (Å²) in [5.41, 5.74) is 0.891. The van der Waals surface area contributed by atoms with Crippen LogP contribution in [-0.4, -0.2) is 32.7 Å². The maximum Gasteiger partial charge on any atom is 0.0964 e. The molecule has 0 aliphatic rings. The number of nitrogens with one attached hydrogen (secondary N) is 1. The second kappa shape index (κ2) is 6.99. The molecule has 0 aromatic carbocycles. The van der Waals surface area contributed by atoms with Crippen LogP contribution < -0.4 is 5.32 Å². The van der Waals surface area contributed by atoms with Gasteiger partial charge in [0, 0.05) is 38.4 Å². The number of aliphatic hydroxyl groups is 1. The van der Waals surface area contributed by atoms with Crippen molar-refractivity contribution in [2.24, 2.45) is 0 Å². The topological polar surface area (TPSA) is 63.0 Å². The minimum Gasteiger partial charge on any atom is -0.396 e. The van der Waals surface area contributed by atoms with E-state index >= 15 is 0 Å². The molecule has 5 heteroatoms. The third-order valence-corrected chi connectivity index (χ3v) is 2.19. The van der Waals surface area contributed by atoms with Crippen LogP contribution in [0.15, 0.2) is 6.20 Å².